The van der Waals surface area contributed by atoms with Crippen LogP contribution in [0.3, 0.4) is 0 Å². The Bertz CT molecular complexity index is 1350. The largest absolute Gasteiger partial charge is 0.480 e. The lowest BCUT2D eigenvalue weighted by Crippen LogP contribution is -2.52. The second-order valence-electron chi connectivity index (χ2n) is 9.51. The molecule has 1 fully saturated rings. The van der Waals surface area contributed by atoms with Crippen LogP contribution in [-0.2, 0) is 35.1 Å². The minimum Gasteiger partial charge on any atom is -0.480 e. The molecule has 2 aromatic carbocycles. The van der Waals surface area contributed by atoms with E-state index in [0.29, 0.717) is 24.3 Å². The Morgan fingerprint density at radius 2 is 1.66 bits per heavy atom. The number of aryl methyl sites for hydroxylation is 1. The van der Waals surface area contributed by atoms with Gasteiger partial charge in [-0.1, -0.05) is 30.3 Å². The smallest absolute Gasteiger partial charge is 0.377 e. The van der Waals surface area contributed by atoms with E-state index in [4.69, 9.17) is 14.2 Å². The van der Waals surface area contributed by atoms with E-state index in [1.807, 2.05) is 59.3 Å². The van der Waals surface area contributed by atoms with Crippen LogP contribution in [0.4, 0.5) is 0 Å². The van der Waals surface area contributed by atoms with Gasteiger partial charge in [0.1, 0.15) is 18.0 Å². The molecule has 3 N–H and O–H groups in total. The molecule has 3 atom stereocenters. The lowest BCUT2D eigenvalue weighted by molar-refractivity contribution is -0.218. The summed E-state index contributed by atoms with van der Waals surface area (Å²) in [5, 5.41) is 32.4. The molecule has 0 aliphatic carbocycles. The molecule has 0 bridgehead atoms. The molecule has 0 radical (unpaired) electrons. The highest BCUT2D eigenvalue weighted by Gasteiger charge is 2.58. The van der Waals surface area contributed by atoms with E-state index in [1.54, 1.807) is 30.4 Å². The number of ether oxygens (including phenoxy) is 3. The fourth-order valence-corrected chi connectivity index (χ4v) is 5.42. The monoisotopic (exact) mass is 583 g/mol. The van der Waals surface area contributed by atoms with Gasteiger partial charge in [-0.25, -0.2) is 9.59 Å². The standard InChI is InChI=1S/C29H29NO10S/c1-18(30(15-25(31)32)26(33)24-16-38-29(40-24,27(34)35)28(36)37)23(12-7-19-13-14-41-17-19)20-8-10-22(11-9-20)39-21-5-3-2-4-6-21/h2-6,8-11,13-14,17-18,23-24H,7,12,15-16H2,1H3,(H,31,32)(H,34,35)(H,36,37). The molecule has 1 aliphatic rings. The van der Waals surface area contributed by atoms with Crippen LogP contribution in [0.5, 0.6) is 11.5 Å². The van der Waals surface area contributed by atoms with Crippen molar-refractivity contribution < 1.29 is 48.7 Å². The van der Waals surface area contributed by atoms with Crippen LogP contribution in [0.25, 0.3) is 0 Å². The summed E-state index contributed by atoms with van der Waals surface area (Å²) in [7, 11) is 0. The van der Waals surface area contributed by atoms with Gasteiger partial charge in [0.05, 0.1) is 6.61 Å². The molecule has 216 valence electrons. The van der Waals surface area contributed by atoms with Crippen LogP contribution in [0.2, 0.25) is 0 Å². The van der Waals surface area contributed by atoms with Crippen molar-refractivity contribution in [2.24, 2.45) is 0 Å². The number of rotatable bonds is 13. The van der Waals surface area contributed by atoms with E-state index in [-0.39, 0.29) is 5.92 Å². The van der Waals surface area contributed by atoms with Gasteiger partial charge in [-0.15, -0.1) is 0 Å². The highest BCUT2D eigenvalue weighted by molar-refractivity contribution is 7.07. The first-order valence-electron chi connectivity index (χ1n) is 12.8. The number of hydrogen-bond acceptors (Lipinski definition) is 8. The zero-order valence-corrected chi connectivity index (χ0v) is 22.9. The van der Waals surface area contributed by atoms with Crippen molar-refractivity contribution in [3.63, 3.8) is 0 Å². The second-order valence-corrected chi connectivity index (χ2v) is 10.3. The number of amides is 1. The summed E-state index contributed by atoms with van der Waals surface area (Å²) in [6.07, 6.45) is -0.417. The average Bonchev–Trinajstić information content (AvgIpc) is 3.64. The third-order valence-electron chi connectivity index (χ3n) is 6.86. The van der Waals surface area contributed by atoms with Crippen LogP contribution in [0, 0.1) is 0 Å². The molecule has 1 aliphatic heterocycles. The number of carbonyl (C=O) groups excluding carboxylic acids is 1. The van der Waals surface area contributed by atoms with Crippen LogP contribution in [0.15, 0.2) is 71.4 Å². The summed E-state index contributed by atoms with van der Waals surface area (Å²) in [4.78, 5) is 49.6. The van der Waals surface area contributed by atoms with Gasteiger partial charge in [0.25, 0.3) is 5.91 Å². The zero-order valence-electron chi connectivity index (χ0n) is 22.0. The topological polar surface area (TPSA) is 160 Å². The molecule has 12 heteroatoms. The molecule has 1 saturated heterocycles. The lowest BCUT2D eigenvalue weighted by Gasteiger charge is -2.35. The Morgan fingerprint density at radius 3 is 2.22 bits per heavy atom. The lowest BCUT2D eigenvalue weighted by atomic mass is 9.86. The number of para-hydroxylation sites is 1. The summed E-state index contributed by atoms with van der Waals surface area (Å²) < 4.78 is 15.9. The van der Waals surface area contributed by atoms with Crippen LogP contribution >= 0.6 is 11.3 Å². The maximum absolute atomic E-state index is 13.5. The maximum Gasteiger partial charge on any atom is 0.377 e. The first-order chi connectivity index (χ1) is 19.6. The van der Waals surface area contributed by atoms with E-state index in [1.165, 1.54) is 0 Å². The number of carbonyl (C=O) groups is 4. The Balaban J connectivity index is 1.60. The van der Waals surface area contributed by atoms with Crippen LogP contribution in [-0.4, -0.2) is 75.1 Å². The molecule has 1 amide bonds. The van der Waals surface area contributed by atoms with Crippen LogP contribution in [0.1, 0.15) is 30.4 Å². The predicted octanol–water partition coefficient (Wildman–Crippen LogP) is 3.84. The number of benzene rings is 2. The number of aliphatic carboxylic acids is 3. The minimum absolute atomic E-state index is 0.352. The van der Waals surface area contributed by atoms with Crippen molar-refractivity contribution in [2.45, 2.75) is 43.6 Å². The molecule has 3 unspecified atom stereocenters. The number of carboxylic acids is 3. The van der Waals surface area contributed by atoms with Gasteiger partial charge in [0.2, 0.25) is 0 Å². The molecular weight excluding hydrogens is 554 g/mol. The SMILES string of the molecule is CC(C(CCc1ccsc1)c1ccc(Oc2ccccc2)cc1)N(CC(=O)O)C(=O)C1COC(C(=O)O)(C(=O)O)O1. The number of thiophene rings is 1. The normalized spacial score (nSPS) is 17.3. The Labute approximate surface area is 239 Å². The quantitative estimate of drug-likeness (QED) is 0.252. The molecule has 0 spiro atoms. The summed E-state index contributed by atoms with van der Waals surface area (Å²) in [5.74, 6) is -8.17. The van der Waals surface area contributed by atoms with Crippen LogP contribution < -0.4 is 4.74 Å². The average molecular weight is 584 g/mol. The molecule has 11 nitrogen and oxygen atoms in total. The summed E-state index contributed by atoms with van der Waals surface area (Å²) in [6, 6.07) is 17.8. The van der Waals surface area contributed by atoms with E-state index in [0.717, 1.165) is 16.0 Å². The van der Waals surface area contributed by atoms with Crippen molar-refractivity contribution in [1.29, 1.82) is 0 Å². The van der Waals surface area contributed by atoms with E-state index >= 15 is 0 Å². The molecular formula is C29H29NO10S. The van der Waals surface area contributed by atoms with E-state index in [2.05, 4.69) is 0 Å². The van der Waals surface area contributed by atoms with Gasteiger partial charge < -0.3 is 34.4 Å². The van der Waals surface area contributed by atoms with Gasteiger partial charge in [0, 0.05) is 12.0 Å². The zero-order chi connectivity index (χ0) is 29.6. The van der Waals surface area contributed by atoms with Gasteiger partial charge in [0.15, 0.2) is 6.10 Å². The van der Waals surface area contributed by atoms with Crippen molar-refractivity contribution in [1.82, 2.24) is 4.90 Å². The van der Waals surface area contributed by atoms with Crippen molar-refractivity contribution in [2.75, 3.05) is 13.2 Å². The van der Waals surface area contributed by atoms with E-state index in [9.17, 15) is 34.5 Å². The Kier molecular flexibility index (Phi) is 9.38. The van der Waals surface area contributed by atoms with Crippen molar-refractivity contribution >= 4 is 35.2 Å². The molecule has 3 aromatic rings. The Hall–Kier alpha value is -4.26. The first-order valence-corrected chi connectivity index (χ1v) is 13.7. The van der Waals surface area contributed by atoms with E-state index < -0.39 is 54.9 Å². The van der Waals surface area contributed by atoms with Gasteiger partial charge in [-0.2, -0.15) is 11.3 Å². The number of nitrogens with zero attached hydrogens (tertiary/aromatic N) is 1. The summed E-state index contributed by atoms with van der Waals surface area (Å²) in [5.41, 5.74) is 1.91. The molecule has 2 heterocycles. The van der Waals surface area contributed by atoms with Gasteiger partial charge >= 0.3 is 23.7 Å². The molecule has 1 aromatic heterocycles. The maximum atomic E-state index is 13.5. The fraction of sp³-hybridized carbons (Fsp3) is 0.310. The summed E-state index contributed by atoms with van der Waals surface area (Å²) >= 11 is 1.55. The number of carboxylic acid groups (broad SMARTS) is 3. The fourth-order valence-electron chi connectivity index (χ4n) is 4.72. The van der Waals surface area contributed by atoms with Gasteiger partial charge in [-0.3, -0.25) is 9.59 Å². The summed E-state index contributed by atoms with van der Waals surface area (Å²) in [6.45, 7) is 0.327. The first kappa shape index (κ1) is 29.7. The second kappa shape index (κ2) is 12.9. The third kappa shape index (κ3) is 6.91. The van der Waals surface area contributed by atoms with Crippen molar-refractivity contribution in [3.8, 4) is 11.5 Å². The molecule has 41 heavy (non-hydrogen) atoms. The number of hydrogen-bond donors (Lipinski definition) is 3. The highest BCUT2D eigenvalue weighted by Crippen LogP contribution is 2.33. The van der Waals surface area contributed by atoms with Gasteiger partial charge in [-0.05, 0) is 72.0 Å². The molecule has 0 saturated carbocycles. The van der Waals surface area contributed by atoms with Crippen molar-refractivity contribution in [3.05, 3.63) is 82.6 Å². The highest BCUT2D eigenvalue weighted by atomic mass is 32.1. The minimum atomic E-state index is -3.05. The predicted molar refractivity (Wildman–Crippen MR) is 146 cm³/mol. The third-order valence-corrected chi connectivity index (χ3v) is 7.59. The Morgan fingerprint density at radius 1 is 1.00 bits per heavy atom. The molecule has 4 rings (SSSR count).